The van der Waals surface area contributed by atoms with E-state index in [4.69, 9.17) is 0 Å². The third kappa shape index (κ3) is 5.28. The molecule has 0 saturated heterocycles. The van der Waals surface area contributed by atoms with Crippen LogP contribution in [-0.2, 0) is 0 Å². The van der Waals surface area contributed by atoms with E-state index < -0.39 is 6.36 Å². The molecule has 3 rings (SSSR count). The maximum absolute atomic E-state index is 12.2. The Kier molecular flexibility index (Phi) is 6.31. The first kappa shape index (κ1) is 19.3. The molecule has 1 nitrogen and oxygen atoms in total. The largest absolute Gasteiger partial charge is 0.573 e. The van der Waals surface area contributed by atoms with E-state index in [2.05, 4.69) is 17.7 Å². The molecule has 0 radical (unpaired) electrons. The van der Waals surface area contributed by atoms with Gasteiger partial charge >= 0.3 is 6.36 Å². The number of ether oxygens (including phenoxy) is 1. The van der Waals surface area contributed by atoms with Crippen LogP contribution in [0.15, 0.2) is 30.3 Å². The van der Waals surface area contributed by atoms with Crippen LogP contribution in [-0.4, -0.2) is 6.36 Å². The lowest BCUT2D eigenvalue weighted by atomic mass is 9.70. The third-order valence-electron chi connectivity index (χ3n) is 6.17. The molecule has 1 saturated carbocycles. The second-order valence-electron chi connectivity index (χ2n) is 7.91. The van der Waals surface area contributed by atoms with Gasteiger partial charge in [0.05, 0.1) is 0 Å². The molecule has 0 N–H and O–H groups in total. The van der Waals surface area contributed by atoms with Crippen molar-refractivity contribution in [2.45, 2.75) is 71.1 Å². The summed E-state index contributed by atoms with van der Waals surface area (Å²) in [5, 5.41) is 0. The topological polar surface area (TPSA) is 9.23 Å². The minimum Gasteiger partial charge on any atom is -0.406 e. The SMILES string of the molecule is CCCC1CCC(C2CC=C(c3ccc(OC(F)(F)F)cc3)CC2)CC1. The molecule has 144 valence electrons. The molecule has 26 heavy (non-hydrogen) atoms. The fraction of sp³-hybridized carbons (Fsp3) is 0.636. The van der Waals surface area contributed by atoms with E-state index in [0.717, 1.165) is 36.2 Å². The molecular weight excluding hydrogens is 337 g/mol. The summed E-state index contributed by atoms with van der Waals surface area (Å²) >= 11 is 0. The van der Waals surface area contributed by atoms with Crippen molar-refractivity contribution in [1.82, 2.24) is 0 Å². The number of benzene rings is 1. The van der Waals surface area contributed by atoms with E-state index in [1.165, 1.54) is 62.7 Å². The van der Waals surface area contributed by atoms with Gasteiger partial charge in [-0.05, 0) is 73.1 Å². The third-order valence-corrected chi connectivity index (χ3v) is 6.17. The van der Waals surface area contributed by atoms with Gasteiger partial charge in [-0.3, -0.25) is 0 Å². The van der Waals surface area contributed by atoms with Crippen LogP contribution in [0.1, 0.15) is 70.3 Å². The Bertz CT molecular complexity index is 595. The van der Waals surface area contributed by atoms with Crippen molar-refractivity contribution in [3.63, 3.8) is 0 Å². The lowest BCUT2D eigenvalue weighted by Crippen LogP contribution is -2.23. The summed E-state index contributed by atoms with van der Waals surface area (Å²) in [5.41, 5.74) is 2.28. The average molecular weight is 366 g/mol. The van der Waals surface area contributed by atoms with Crippen LogP contribution in [0.3, 0.4) is 0 Å². The fourth-order valence-electron chi connectivity index (χ4n) is 4.77. The summed E-state index contributed by atoms with van der Waals surface area (Å²) in [6, 6.07) is 6.29. The Morgan fingerprint density at radius 3 is 2.19 bits per heavy atom. The number of allylic oxidation sites excluding steroid dienone is 2. The van der Waals surface area contributed by atoms with Gasteiger partial charge in [0.25, 0.3) is 0 Å². The van der Waals surface area contributed by atoms with Crippen molar-refractivity contribution in [2.75, 3.05) is 0 Å². The quantitative estimate of drug-likeness (QED) is 0.528. The minimum absolute atomic E-state index is 0.153. The molecule has 0 bridgehead atoms. The smallest absolute Gasteiger partial charge is 0.406 e. The molecule has 0 aromatic heterocycles. The molecule has 1 fully saturated rings. The Labute approximate surface area is 154 Å². The van der Waals surface area contributed by atoms with E-state index in [1.54, 1.807) is 12.1 Å². The van der Waals surface area contributed by atoms with Crippen molar-refractivity contribution in [2.24, 2.45) is 17.8 Å². The highest BCUT2D eigenvalue weighted by molar-refractivity contribution is 5.66. The normalized spacial score (nSPS) is 27.1. The van der Waals surface area contributed by atoms with Crippen molar-refractivity contribution in [3.8, 4) is 5.75 Å². The van der Waals surface area contributed by atoms with Crippen molar-refractivity contribution >= 4 is 5.57 Å². The number of hydrogen-bond donors (Lipinski definition) is 0. The van der Waals surface area contributed by atoms with Crippen LogP contribution in [0.4, 0.5) is 13.2 Å². The Hall–Kier alpha value is -1.45. The maximum Gasteiger partial charge on any atom is 0.573 e. The molecule has 4 heteroatoms. The zero-order chi connectivity index (χ0) is 18.6. The summed E-state index contributed by atoms with van der Waals surface area (Å²) in [6.45, 7) is 2.28. The van der Waals surface area contributed by atoms with Gasteiger partial charge in [-0.15, -0.1) is 13.2 Å². The highest BCUT2D eigenvalue weighted by atomic mass is 19.4. The summed E-state index contributed by atoms with van der Waals surface area (Å²) in [7, 11) is 0. The Morgan fingerprint density at radius 2 is 1.65 bits per heavy atom. The van der Waals surface area contributed by atoms with E-state index in [-0.39, 0.29) is 5.75 Å². The molecule has 2 aliphatic carbocycles. The first-order valence-corrected chi connectivity index (χ1v) is 10.00. The van der Waals surface area contributed by atoms with Gasteiger partial charge < -0.3 is 4.74 Å². The molecule has 2 aliphatic rings. The predicted molar refractivity (Wildman–Crippen MR) is 98.8 cm³/mol. The highest BCUT2D eigenvalue weighted by Gasteiger charge is 2.31. The number of halogens is 3. The highest BCUT2D eigenvalue weighted by Crippen LogP contribution is 2.42. The van der Waals surface area contributed by atoms with Gasteiger partial charge in [0.2, 0.25) is 0 Å². The monoisotopic (exact) mass is 366 g/mol. The van der Waals surface area contributed by atoms with E-state index in [1.807, 2.05) is 0 Å². The van der Waals surface area contributed by atoms with Gasteiger partial charge in [-0.25, -0.2) is 0 Å². The standard InChI is InChI=1S/C22H29F3O/c1-2-3-16-4-6-17(7-5-16)18-8-10-19(11-9-18)20-12-14-21(15-13-20)26-22(23,24)25/h10,12-18H,2-9,11H2,1H3. The zero-order valence-electron chi connectivity index (χ0n) is 15.5. The van der Waals surface area contributed by atoms with Crippen LogP contribution in [0.5, 0.6) is 5.75 Å². The molecule has 1 aromatic rings. The Morgan fingerprint density at radius 1 is 0.962 bits per heavy atom. The number of hydrogen-bond acceptors (Lipinski definition) is 1. The van der Waals surface area contributed by atoms with Crippen molar-refractivity contribution in [1.29, 1.82) is 0 Å². The predicted octanol–water partition coefficient (Wildman–Crippen LogP) is 7.38. The first-order valence-electron chi connectivity index (χ1n) is 10.00. The van der Waals surface area contributed by atoms with Gasteiger partial charge in [0.1, 0.15) is 5.75 Å². The Balaban J connectivity index is 1.53. The fourth-order valence-corrected chi connectivity index (χ4v) is 4.77. The maximum atomic E-state index is 12.2. The summed E-state index contributed by atoms with van der Waals surface area (Å²) in [4.78, 5) is 0. The molecule has 1 atom stereocenters. The van der Waals surface area contributed by atoms with Crippen LogP contribution in [0.25, 0.3) is 5.57 Å². The number of rotatable bonds is 5. The summed E-state index contributed by atoms with van der Waals surface area (Å²) in [6.07, 6.45) is 9.25. The summed E-state index contributed by atoms with van der Waals surface area (Å²) < 4.78 is 40.7. The second kappa shape index (κ2) is 8.49. The van der Waals surface area contributed by atoms with Crippen LogP contribution >= 0.6 is 0 Å². The van der Waals surface area contributed by atoms with Gasteiger partial charge in [0.15, 0.2) is 0 Å². The molecule has 0 spiro atoms. The van der Waals surface area contributed by atoms with Gasteiger partial charge in [-0.1, -0.05) is 50.8 Å². The lowest BCUT2D eigenvalue weighted by molar-refractivity contribution is -0.274. The molecular formula is C22H29F3O. The van der Waals surface area contributed by atoms with Crippen molar-refractivity contribution in [3.05, 3.63) is 35.9 Å². The van der Waals surface area contributed by atoms with Crippen LogP contribution in [0.2, 0.25) is 0 Å². The van der Waals surface area contributed by atoms with Crippen LogP contribution < -0.4 is 4.74 Å². The molecule has 0 amide bonds. The number of alkyl halides is 3. The molecule has 1 unspecified atom stereocenters. The van der Waals surface area contributed by atoms with E-state index in [9.17, 15) is 13.2 Å². The van der Waals surface area contributed by atoms with Gasteiger partial charge in [0, 0.05) is 0 Å². The first-order chi connectivity index (χ1) is 12.4. The lowest BCUT2D eigenvalue weighted by Gasteiger charge is -2.35. The zero-order valence-corrected chi connectivity index (χ0v) is 15.5. The van der Waals surface area contributed by atoms with E-state index >= 15 is 0 Å². The molecule has 0 aliphatic heterocycles. The average Bonchev–Trinajstić information content (AvgIpc) is 2.62. The minimum atomic E-state index is -4.63. The molecule has 0 heterocycles. The van der Waals surface area contributed by atoms with E-state index in [0.29, 0.717) is 0 Å². The molecule has 1 aromatic carbocycles. The van der Waals surface area contributed by atoms with Crippen LogP contribution in [0, 0.1) is 17.8 Å². The van der Waals surface area contributed by atoms with Gasteiger partial charge in [-0.2, -0.15) is 0 Å². The second-order valence-corrected chi connectivity index (χ2v) is 7.91. The summed E-state index contributed by atoms with van der Waals surface area (Å²) in [5.74, 6) is 2.44. The van der Waals surface area contributed by atoms with Crippen molar-refractivity contribution < 1.29 is 17.9 Å².